The van der Waals surface area contributed by atoms with Crippen LogP contribution in [-0.4, -0.2) is 18.2 Å². The zero-order chi connectivity index (χ0) is 14.5. The Balaban J connectivity index is 2.10. The molecule has 20 heavy (non-hydrogen) atoms. The van der Waals surface area contributed by atoms with E-state index in [9.17, 15) is 4.79 Å². The van der Waals surface area contributed by atoms with E-state index in [1.54, 1.807) is 32.2 Å². The van der Waals surface area contributed by atoms with E-state index in [4.69, 9.17) is 9.26 Å². The molecule has 5 heteroatoms. The van der Waals surface area contributed by atoms with Crippen molar-refractivity contribution in [2.75, 3.05) is 12.4 Å². The zero-order valence-electron chi connectivity index (χ0n) is 11.6. The Labute approximate surface area is 117 Å². The Morgan fingerprint density at radius 3 is 2.75 bits per heavy atom. The van der Waals surface area contributed by atoms with E-state index in [-0.39, 0.29) is 5.91 Å². The maximum absolute atomic E-state index is 11.9. The van der Waals surface area contributed by atoms with E-state index < -0.39 is 0 Å². The summed E-state index contributed by atoms with van der Waals surface area (Å²) < 4.78 is 10.2. The van der Waals surface area contributed by atoms with Gasteiger partial charge in [0, 0.05) is 11.6 Å². The minimum absolute atomic E-state index is 0.241. The topological polar surface area (TPSA) is 64.4 Å². The van der Waals surface area contributed by atoms with Crippen molar-refractivity contribution in [1.82, 2.24) is 5.16 Å². The maximum Gasteiger partial charge on any atom is 0.248 e. The number of hydrogen-bond donors (Lipinski definition) is 1. The number of aromatic nitrogens is 1. The molecule has 2 aromatic rings. The van der Waals surface area contributed by atoms with Gasteiger partial charge in [-0.3, -0.25) is 4.79 Å². The number of benzene rings is 1. The average molecular weight is 272 g/mol. The zero-order valence-corrected chi connectivity index (χ0v) is 11.6. The predicted molar refractivity (Wildman–Crippen MR) is 76.6 cm³/mol. The fourth-order valence-electron chi connectivity index (χ4n) is 1.81. The number of aryl methyl sites for hydroxylation is 2. The van der Waals surface area contributed by atoms with Crippen LogP contribution in [0.15, 0.2) is 34.9 Å². The van der Waals surface area contributed by atoms with E-state index in [2.05, 4.69) is 10.5 Å². The van der Waals surface area contributed by atoms with Gasteiger partial charge in [-0.05, 0) is 32.1 Å². The Kier molecular flexibility index (Phi) is 4.20. The molecular formula is C15H16N2O3. The molecule has 0 aliphatic rings. The smallest absolute Gasteiger partial charge is 0.248 e. The summed E-state index contributed by atoms with van der Waals surface area (Å²) in [7, 11) is 1.56. The molecular weight excluding hydrogens is 256 g/mol. The van der Waals surface area contributed by atoms with E-state index in [0.29, 0.717) is 17.2 Å². The van der Waals surface area contributed by atoms with Gasteiger partial charge in [0.25, 0.3) is 0 Å². The van der Waals surface area contributed by atoms with Crippen molar-refractivity contribution in [3.8, 4) is 5.75 Å². The van der Waals surface area contributed by atoms with Crippen molar-refractivity contribution in [1.29, 1.82) is 0 Å². The lowest BCUT2D eigenvalue weighted by molar-refractivity contribution is -0.111. The molecule has 2 rings (SSSR count). The van der Waals surface area contributed by atoms with Gasteiger partial charge >= 0.3 is 0 Å². The third-order valence-corrected chi connectivity index (χ3v) is 2.85. The molecule has 0 radical (unpaired) electrons. The highest BCUT2D eigenvalue weighted by molar-refractivity contribution is 6.02. The van der Waals surface area contributed by atoms with Crippen molar-refractivity contribution in [3.05, 3.63) is 47.4 Å². The highest BCUT2D eigenvalue weighted by Crippen LogP contribution is 2.23. The molecule has 104 valence electrons. The molecule has 1 aromatic heterocycles. The maximum atomic E-state index is 11.9. The normalized spacial score (nSPS) is 10.8. The van der Waals surface area contributed by atoms with Crippen LogP contribution in [0.1, 0.15) is 17.0 Å². The van der Waals surface area contributed by atoms with Crippen LogP contribution < -0.4 is 10.1 Å². The molecule has 1 heterocycles. The first kappa shape index (κ1) is 13.9. The minimum atomic E-state index is -0.241. The van der Waals surface area contributed by atoms with Gasteiger partial charge in [0.15, 0.2) is 0 Å². The Morgan fingerprint density at radius 2 is 2.10 bits per heavy atom. The third-order valence-electron chi connectivity index (χ3n) is 2.85. The van der Waals surface area contributed by atoms with E-state index >= 15 is 0 Å². The van der Waals surface area contributed by atoms with Crippen LogP contribution >= 0.6 is 0 Å². The van der Waals surface area contributed by atoms with Crippen molar-refractivity contribution < 1.29 is 14.1 Å². The van der Waals surface area contributed by atoms with E-state index in [1.807, 2.05) is 19.1 Å². The fraction of sp³-hybridized carbons (Fsp3) is 0.200. The molecule has 0 aliphatic carbocycles. The number of carbonyl (C=O) groups excluding carboxylic acids is 1. The second-order valence-corrected chi connectivity index (χ2v) is 4.26. The Hall–Kier alpha value is -2.56. The van der Waals surface area contributed by atoms with Crippen molar-refractivity contribution >= 4 is 17.7 Å². The molecule has 0 unspecified atom stereocenters. The van der Waals surface area contributed by atoms with Gasteiger partial charge in [0.2, 0.25) is 5.91 Å². The molecule has 0 saturated heterocycles. The number of rotatable bonds is 4. The van der Waals surface area contributed by atoms with E-state index in [0.717, 1.165) is 11.3 Å². The lowest BCUT2D eigenvalue weighted by Gasteiger charge is -2.07. The van der Waals surface area contributed by atoms with Crippen molar-refractivity contribution in [2.45, 2.75) is 13.8 Å². The second-order valence-electron chi connectivity index (χ2n) is 4.26. The van der Waals surface area contributed by atoms with Gasteiger partial charge in [-0.1, -0.05) is 17.3 Å². The van der Waals surface area contributed by atoms with Crippen LogP contribution in [0.2, 0.25) is 0 Å². The van der Waals surface area contributed by atoms with Crippen LogP contribution in [-0.2, 0) is 4.79 Å². The summed E-state index contributed by atoms with van der Waals surface area (Å²) in [5.41, 5.74) is 2.20. The SMILES string of the molecule is COc1ccccc1NC(=O)/C=C/c1c(C)noc1C. The van der Waals surface area contributed by atoms with Gasteiger partial charge in [-0.2, -0.15) is 0 Å². The molecule has 0 fully saturated rings. The number of para-hydroxylation sites is 2. The number of methoxy groups -OCH3 is 1. The van der Waals surface area contributed by atoms with Crippen LogP contribution in [0.25, 0.3) is 6.08 Å². The first-order valence-electron chi connectivity index (χ1n) is 6.16. The van der Waals surface area contributed by atoms with Gasteiger partial charge < -0.3 is 14.6 Å². The quantitative estimate of drug-likeness (QED) is 0.869. The largest absolute Gasteiger partial charge is 0.495 e. The van der Waals surface area contributed by atoms with Crippen molar-refractivity contribution in [3.63, 3.8) is 0 Å². The average Bonchev–Trinajstić information content (AvgIpc) is 2.76. The molecule has 0 bridgehead atoms. The lowest BCUT2D eigenvalue weighted by Crippen LogP contribution is -2.08. The van der Waals surface area contributed by atoms with E-state index in [1.165, 1.54) is 6.08 Å². The predicted octanol–water partition coefficient (Wildman–Crippen LogP) is 2.95. The summed E-state index contributed by atoms with van der Waals surface area (Å²) in [4.78, 5) is 11.9. The Morgan fingerprint density at radius 1 is 1.35 bits per heavy atom. The van der Waals surface area contributed by atoms with Gasteiger partial charge in [0.1, 0.15) is 11.5 Å². The second kappa shape index (κ2) is 6.06. The number of amides is 1. The molecule has 0 atom stereocenters. The number of nitrogens with zero attached hydrogens (tertiary/aromatic N) is 1. The van der Waals surface area contributed by atoms with Gasteiger partial charge in [-0.15, -0.1) is 0 Å². The molecule has 1 amide bonds. The Bertz CT molecular complexity index is 625. The van der Waals surface area contributed by atoms with Gasteiger partial charge in [-0.25, -0.2) is 0 Å². The summed E-state index contributed by atoms with van der Waals surface area (Å²) in [6.45, 7) is 3.63. The number of anilines is 1. The standard InChI is InChI=1S/C15H16N2O3/c1-10-12(11(2)20-17-10)8-9-15(18)16-13-6-4-5-7-14(13)19-3/h4-9H,1-3H3,(H,16,18)/b9-8+. The van der Waals surface area contributed by atoms with Crippen molar-refractivity contribution in [2.24, 2.45) is 0 Å². The molecule has 1 N–H and O–H groups in total. The van der Waals surface area contributed by atoms with Crippen LogP contribution in [0.3, 0.4) is 0 Å². The number of hydrogen-bond acceptors (Lipinski definition) is 4. The summed E-state index contributed by atoms with van der Waals surface area (Å²) in [6.07, 6.45) is 3.13. The first-order valence-corrected chi connectivity index (χ1v) is 6.16. The molecule has 0 aliphatic heterocycles. The monoisotopic (exact) mass is 272 g/mol. The van der Waals surface area contributed by atoms with Crippen LogP contribution in [0.5, 0.6) is 5.75 Å². The molecule has 0 saturated carbocycles. The third kappa shape index (κ3) is 3.06. The number of carbonyl (C=O) groups is 1. The molecule has 5 nitrogen and oxygen atoms in total. The summed E-state index contributed by atoms with van der Waals surface area (Å²) >= 11 is 0. The molecule has 1 aromatic carbocycles. The summed E-state index contributed by atoms with van der Waals surface area (Å²) in [6, 6.07) is 7.23. The van der Waals surface area contributed by atoms with Crippen LogP contribution in [0, 0.1) is 13.8 Å². The lowest BCUT2D eigenvalue weighted by atomic mass is 10.2. The first-order chi connectivity index (χ1) is 9.61. The highest BCUT2D eigenvalue weighted by atomic mass is 16.5. The summed E-state index contributed by atoms with van der Waals surface area (Å²) in [5, 5.41) is 6.59. The number of ether oxygens (including phenoxy) is 1. The minimum Gasteiger partial charge on any atom is -0.495 e. The van der Waals surface area contributed by atoms with Gasteiger partial charge in [0.05, 0.1) is 18.5 Å². The summed E-state index contributed by atoms with van der Waals surface area (Å²) in [5.74, 6) is 1.06. The van der Waals surface area contributed by atoms with Crippen LogP contribution in [0.4, 0.5) is 5.69 Å². The fourth-order valence-corrected chi connectivity index (χ4v) is 1.81. The highest BCUT2D eigenvalue weighted by Gasteiger charge is 2.07. The molecule has 0 spiro atoms. The number of nitrogens with one attached hydrogen (secondary N) is 1.